The number of rotatable bonds is 4. The number of aromatic nitrogens is 2. The van der Waals surface area contributed by atoms with E-state index in [4.69, 9.17) is 4.74 Å². The Labute approximate surface area is 130 Å². The average Bonchev–Trinajstić information content (AvgIpc) is 2.52. The van der Waals surface area contributed by atoms with Gasteiger partial charge in [-0.05, 0) is 18.9 Å². The second-order valence-corrected chi connectivity index (χ2v) is 5.62. The molecule has 0 spiro atoms. The van der Waals surface area contributed by atoms with E-state index in [-0.39, 0.29) is 23.4 Å². The van der Waals surface area contributed by atoms with Gasteiger partial charge in [0.2, 0.25) is 5.91 Å². The smallest absolute Gasteiger partial charge is 0.270 e. The molecule has 1 aliphatic rings. The summed E-state index contributed by atoms with van der Waals surface area (Å²) in [5.74, 6) is 0.0821. The van der Waals surface area contributed by atoms with Crippen LogP contribution in [0.1, 0.15) is 30.2 Å². The Balaban J connectivity index is 2.08. The molecule has 22 heavy (non-hydrogen) atoms. The van der Waals surface area contributed by atoms with Crippen molar-refractivity contribution in [1.29, 1.82) is 0 Å². The first-order valence-electron chi connectivity index (χ1n) is 7.46. The Bertz CT molecular complexity index is 541. The zero-order valence-electron chi connectivity index (χ0n) is 13.2. The molecule has 2 amide bonds. The first kappa shape index (κ1) is 16.4. The van der Waals surface area contributed by atoms with Crippen molar-refractivity contribution >= 4 is 11.8 Å². The molecule has 0 bridgehead atoms. The lowest BCUT2D eigenvalue weighted by molar-refractivity contribution is -0.138. The molecule has 1 N–H and O–H groups in total. The van der Waals surface area contributed by atoms with Crippen LogP contribution < -0.4 is 5.32 Å². The molecule has 1 aliphatic heterocycles. The highest BCUT2D eigenvalue weighted by Gasteiger charge is 2.30. The molecule has 1 aromatic rings. The van der Waals surface area contributed by atoms with E-state index in [1.54, 1.807) is 17.9 Å². The van der Waals surface area contributed by atoms with E-state index in [1.807, 2.05) is 13.8 Å². The van der Waals surface area contributed by atoms with Crippen LogP contribution >= 0.6 is 0 Å². The number of amides is 2. The zero-order chi connectivity index (χ0) is 16.1. The van der Waals surface area contributed by atoms with Gasteiger partial charge in [0.15, 0.2) is 0 Å². The summed E-state index contributed by atoms with van der Waals surface area (Å²) in [4.78, 5) is 34.7. The van der Waals surface area contributed by atoms with Crippen LogP contribution in [0, 0.1) is 12.8 Å². The van der Waals surface area contributed by atoms with Gasteiger partial charge in [0.05, 0.1) is 13.2 Å². The molecular formula is C15H22N4O3. The number of aryl methyl sites for hydroxylation is 1. The molecule has 1 saturated heterocycles. The highest BCUT2D eigenvalue weighted by molar-refractivity contribution is 5.96. The number of carbonyl (C=O) groups excluding carboxylic acids is 2. The second kappa shape index (κ2) is 7.31. The number of morpholine rings is 1. The van der Waals surface area contributed by atoms with Crippen molar-refractivity contribution in [2.75, 3.05) is 26.3 Å². The van der Waals surface area contributed by atoms with Gasteiger partial charge >= 0.3 is 0 Å². The highest BCUT2D eigenvalue weighted by Crippen LogP contribution is 2.09. The normalized spacial score (nSPS) is 16.5. The summed E-state index contributed by atoms with van der Waals surface area (Å²) in [6, 6.07) is 0.972. The number of carbonyl (C=O) groups is 2. The molecule has 1 aromatic heterocycles. The summed E-state index contributed by atoms with van der Waals surface area (Å²) in [6.45, 7) is 7.74. The quantitative estimate of drug-likeness (QED) is 0.870. The van der Waals surface area contributed by atoms with Crippen LogP contribution in [0.3, 0.4) is 0 Å². The largest absolute Gasteiger partial charge is 0.378 e. The van der Waals surface area contributed by atoms with Crippen LogP contribution in [0.25, 0.3) is 0 Å². The van der Waals surface area contributed by atoms with Gasteiger partial charge < -0.3 is 15.0 Å². The van der Waals surface area contributed by atoms with Gasteiger partial charge in [-0.1, -0.05) is 13.8 Å². The Morgan fingerprint density at radius 1 is 1.32 bits per heavy atom. The summed E-state index contributed by atoms with van der Waals surface area (Å²) in [5.41, 5.74) is 0.271. The minimum absolute atomic E-state index is 0.0118. The van der Waals surface area contributed by atoms with Gasteiger partial charge in [-0.3, -0.25) is 9.59 Å². The molecule has 2 heterocycles. The first-order chi connectivity index (χ1) is 10.5. The van der Waals surface area contributed by atoms with Crippen LogP contribution in [0.15, 0.2) is 12.3 Å². The Kier molecular flexibility index (Phi) is 5.43. The Hall–Kier alpha value is -2.02. The maximum Gasteiger partial charge on any atom is 0.270 e. The first-order valence-corrected chi connectivity index (χ1v) is 7.46. The van der Waals surface area contributed by atoms with Gasteiger partial charge in [-0.2, -0.15) is 0 Å². The van der Waals surface area contributed by atoms with Crippen molar-refractivity contribution in [1.82, 2.24) is 20.2 Å². The van der Waals surface area contributed by atoms with E-state index in [0.29, 0.717) is 32.1 Å². The summed E-state index contributed by atoms with van der Waals surface area (Å²) < 4.78 is 5.26. The fraction of sp³-hybridized carbons (Fsp3) is 0.600. The molecule has 1 fully saturated rings. The lowest BCUT2D eigenvalue weighted by Gasteiger charge is -2.32. The van der Waals surface area contributed by atoms with E-state index >= 15 is 0 Å². The van der Waals surface area contributed by atoms with Crippen molar-refractivity contribution in [3.8, 4) is 0 Å². The summed E-state index contributed by atoms with van der Waals surface area (Å²) in [5, 5.41) is 2.80. The van der Waals surface area contributed by atoms with E-state index < -0.39 is 6.04 Å². The fourth-order valence-electron chi connectivity index (χ4n) is 2.29. The van der Waals surface area contributed by atoms with Crippen LogP contribution in [0.4, 0.5) is 0 Å². The summed E-state index contributed by atoms with van der Waals surface area (Å²) in [6.07, 6.45) is 1.53. The minimum atomic E-state index is -0.569. The van der Waals surface area contributed by atoms with Gasteiger partial charge in [0.1, 0.15) is 17.6 Å². The maximum absolute atomic E-state index is 12.6. The number of ether oxygens (including phenoxy) is 1. The summed E-state index contributed by atoms with van der Waals surface area (Å²) >= 11 is 0. The molecule has 1 unspecified atom stereocenters. The molecule has 1 atom stereocenters. The van der Waals surface area contributed by atoms with Crippen LogP contribution in [-0.2, 0) is 9.53 Å². The van der Waals surface area contributed by atoms with E-state index in [0.717, 1.165) is 0 Å². The lowest BCUT2D eigenvalue weighted by Crippen LogP contribution is -2.53. The number of nitrogens with zero attached hydrogens (tertiary/aromatic N) is 3. The molecule has 7 heteroatoms. The van der Waals surface area contributed by atoms with Crippen molar-refractivity contribution in [3.63, 3.8) is 0 Å². The van der Waals surface area contributed by atoms with Gasteiger partial charge in [-0.25, -0.2) is 9.97 Å². The molecule has 0 saturated carbocycles. The van der Waals surface area contributed by atoms with Crippen molar-refractivity contribution in [2.24, 2.45) is 5.92 Å². The molecule has 7 nitrogen and oxygen atoms in total. The minimum Gasteiger partial charge on any atom is -0.378 e. The Morgan fingerprint density at radius 3 is 2.59 bits per heavy atom. The second-order valence-electron chi connectivity index (χ2n) is 5.62. The maximum atomic E-state index is 12.6. The number of hydrogen-bond donors (Lipinski definition) is 1. The SMILES string of the molecule is Cc1nccc(C(=O)NC(C(=O)N2CCOCC2)C(C)C)n1. The third-order valence-electron chi connectivity index (χ3n) is 3.55. The van der Waals surface area contributed by atoms with Gasteiger partial charge in [-0.15, -0.1) is 0 Å². The van der Waals surface area contributed by atoms with E-state index in [9.17, 15) is 9.59 Å². The van der Waals surface area contributed by atoms with Crippen LogP contribution in [0.2, 0.25) is 0 Å². The third kappa shape index (κ3) is 4.00. The van der Waals surface area contributed by atoms with Crippen LogP contribution in [-0.4, -0.2) is 59.0 Å². The van der Waals surface area contributed by atoms with Crippen molar-refractivity contribution < 1.29 is 14.3 Å². The van der Waals surface area contributed by atoms with Crippen LogP contribution in [0.5, 0.6) is 0 Å². The molecular weight excluding hydrogens is 284 g/mol. The van der Waals surface area contributed by atoms with Gasteiger partial charge in [0, 0.05) is 19.3 Å². The predicted octanol–water partition coefficient (Wildman–Crippen LogP) is 0.398. The number of nitrogens with one attached hydrogen (secondary N) is 1. The third-order valence-corrected chi connectivity index (χ3v) is 3.55. The van der Waals surface area contributed by atoms with Crippen molar-refractivity contribution in [2.45, 2.75) is 26.8 Å². The Morgan fingerprint density at radius 2 is 2.00 bits per heavy atom. The zero-order valence-corrected chi connectivity index (χ0v) is 13.2. The van der Waals surface area contributed by atoms with E-state index in [2.05, 4.69) is 15.3 Å². The lowest BCUT2D eigenvalue weighted by atomic mass is 10.0. The molecule has 0 radical (unpaired) electrons. The topological polar surface area (TPSA) is 84.4 Å². The average molecular weight is 306 g/mol. The van der Waals surface area contributed by atoms with Crippen molar-refractivity contribution in [3.05, 3.63) is 23.8 Å². The predicted molar refractivity (Wildman–Crippen MR) is 80.3 cm³/mol. The fourth-order valence-corrected chi connectivity index (χ4v) is 2.29. The molecule has 0 aromatic carbocycles. The number of hydrogen-bond acceptors (Lipinski definition) is 5. The van der Waals surface area contributed by atoms with Gasteiger partial charge in [0.25, 0.3) is 5.91 Å². The van der Waals surface area contributed by atoms with E-state index in [1.165, 1.54) is 6.20 Å². The molecule has 120 valence electrons. The monoisotopic (exact) mass is 306 g/mol. The standard InChI is InChI=1S/C15H22N4O3/c1-10(2)13(15(21)19-6-8-22-9-7-19)18-14(20)12-4-5-16-11(3)17-12/h4-5,10,13H,6-9H2,1-3H3,(H,18,20). The molecule has 2 rings (SSSR count). The molecule has 0 aliphatic carbocycles. The highest BCUT2D eigenvalue weighted by atomic mass is 16.5. The summed E-state index contributed by atoms with van der Waals surface area (Å²) in [7, 11) is 0.